The second kappa shape index (κ2) is 15.1. The van der Waals surface area contributed by atoms with Gasteiger partial charge in [0.2, 0.25) is 10.0 Å². The first-order valence-electron chi connectivity index (χ1n) is 15.6. The van der Waals surface area contributed by atoms with Crippen molar-refractivity contribution < 1.29 is 53.8 Å². The van der Waals surface area contributed by atoms with E-state index in [-0.39, 0.29) is 44.0 Å². The summed E-state index contributed by atoms with van der Waals surface area (Å²) in [5.74, 6) is -0.762. The fourth-order valence-electron chi connectivity index (χ4n) is 5.31. The van der Waals surface area contributed by atoms with Crippen LogP contribution in [0.25, 0.3) is 10.9 Å². The van der Waals surface area contributed by atoms with E-state index in [0.717, 1.165) is 38.3 Å². The minimum atomic E-state index is -4.68. The number of hydrogen-bond donors (Lipinski definition) is 3. The Morgan fingerprint density at radius 3 is 1.87 bits per heavy atom. The Kier molecular flexibility index (Phi) is 11.1. The molecule has 0 radical (unpaired) electrons. The molecular weight excluding hydrogens is 778 g/mol. The SMILES string of the molecule is COC(=O)c1cc(N2CCC2)c(C(F)(F)F)cc1NC(=O)Oc1ccc(Cl)cc1.CS(=O)(=O)Nn1c(=O)[nH]c2cc(C(F)(F)F)c(N3CCC3)cc2c1=O. The molecule has 1 aromatic heterocycles. The van der Waals surface area contributed by atoms with Crippen LogP contribution in [-0.2, 0) is 27.1 Å². The fourth-order valence-corrected chi connectivity index (χ4v) is 5.93. The van der Waals surface area contributed by atoms with E-state index in [0.29, 0.717) is 43.3 Å². The van der Waals surface area contributed by atoms with Gasteiger partial charge in [-0.1, -0.05) is 11.6 Å². The lowest BCUT2D eigenvalue weighted by molar-refractivity contribution is -0.137. The third-order valence-corrected chi connectivity index (χ3v) is 8.84. The quantitative estimate of drug-likeness (QED) is 0.163. The van der Waals surface area contributed by atoms with Gasteiger partial charge in [-0.3, -0.25) is 10.1 Å². The maximum absolute atomic E-state index is 13.6. The minimum absolute atomic E-state index is 0.125. The number of aromatic nitrogens is 2. The lowest BCUT2D eigenvalue weighted by Gasteiger charge is -2.35. The Bertz CT molecular complexity index is 2320. The smallest absolute Gasteiger partial charge is 0.418 e. The lowest BCUT2D eigenvalue weighted by atomic mass is 10.0. The molecule has 0 bridgehead atoms. The lowest BCUT2D eigenvalue weighted by Crippen LogP contribution is -2.43. The number of rotatable bonds is 7. The second-order valence-corrected chi connectivity index (χ2v) is 14.1. The summed E-state index contributed by atoms with van der Waals surface area (Å²) in [6.07, 6.45) is -8.21. The number of anilines is 3. The standard InChI is InChI=1S/C19H16ClF3N2O4.C13H13F3N4O4S/c1-28-17(26)13-9-16(25-7-2-8-25)14(19(21,22)23)10-15(13)24-18(27)29-12-5-3-11(20)4-6-12;1-25(23,24)18-20-11(21)7-5-10(19-3-2-4-19)8(13(14,15)16)6-9(7)17-12(20)22/h3-6,9-10H,2,7-8H2,1H3,(H,24,27);5-6,18H,2-4H2,1H3,(H,17,22). The van der Waals surface area contributed by atoms with Crippen molar-refractivity contribution in [2.45, 2.75) is 25.2 Å². The minimum Gasteiger partial charge on any atom is -0.465 e. The number of carbonyl (C=O) groups is 2. The van der Waals surface area contributed by atoms with Crippen LogP contribution < -0.4 is 35.9 Å². The van der Waals surface area contributed by atoms with Gasteiger partial charge in [0, 0.05) is 42.6 Å². The third kappa shape index (κ3) is 9.01. The first-order valence-corrected chi connectivity index (χ1v) is 17.9. The molecule has 2 aliphatic heterocycles. The van der Waals surface area contributed by atoms with Crippen LogP contribution in [0.4, 0.5) is 48.2 Å². The van der Waals surface area contributed by atoms with Crippen molar-refractivity contribution in [2.75, 3.05) is 59.5 Å². The number of ether oxygens (including phenoxy) is 2. The number of methoxy groups -OCH3 is 1. The third-order valence-electron chi connectivity index (χ3n) is 8.08. The Morgan fingerprint density at radius 2 is 1.39 bits per heavy atom. The van der Waals surface area contributed by atoms with E-state index in [1.165, 1.54) is 34.1 Å². The number of nitrogens with zero attached hydrogens (tertiary/aromatic N) is 3. The van der Waals surface area contributed by atoms with Crippen LogP contribution in [-0.4, -0.2) is 69.7 Å². The van der Waals surface area contributed by atoms with Crippen LogP contribution in [0.5, 0.6) is 5.75 Å². The summed E-state index contributed by atoms with van der Waals surface area (Å²) in [6.45, 7) is 1.70. The zero-order valence-electron chi connectivity index (χ0n) is 28.0. The molecule has 3 heterocycles. The molecule has 0 saturated carbocycles. The van der Waals surface area contributed by atoms with E-state index in [1.807, 2.05) is 0 Å². The van der Waals surface area contributed by atoms with Gasteiger partial charge in [-0.25, -0.2) is 27.6 Å². The maximum Gasteiger partial charge on any atom is 0.418 e. The Hall–Kier alpha value is -5.44. The van der Waals surface area contributed by atoms with Crippen molar-refractivity contribution in [3.05, 3.63) is 91.1 Å². The summed E-state index contributed by atoms with van der Waals surface area (Å²) in [5.41, 5.74) is -5.40. The van der Waals surface area contributed by atoms with Gasteiger partial charge in [0.05, 0.1) is 46.6 Å². The van der Waals surface area contributed by atoms with E-state index in [4.69, 9.17) is 16.3 Å². The number of amides is 1. The summed E-state index contributed by atoms with van der Waals surface area (Å²) in [6, 6.07) is 9.29. The van der Waals surface area contributed by atoms with Crippen molar-refractivity contribution in [3.63, 3.8) is 0 Å². The molecule has 2 fully saturated rings. The van der Waals surface area contributed by atoms with Gasteiger partial charge >= 0.3 is 30.1 Å². The first-order chi connectivity index (χ1) is 25.2. The van der Waals surface area contributed by atoms with Crippen molar-refractivity contribution in [2.24, 2.45) is 0 Å². The van der Waals surface area contributed by atoms with Gasteiger partial charge in [-0.2, -0.15) is 31.0 Å². The predicted octanol–water partition coefficient (Wildman–Crippen LogP) is 5.39. The van der Waals surface area contributed by atoms with E-state index >= 15 is 0 Å². The number of esters is 1. The highest BCUT2D eigenvalue weighted by Crippen LogP contribution is 2.42. The van der Waals surface area contributed by atoms with E-state index in [9.17, 15) is 53.9 Å². The van der Waals surface area contributed by atoms with Crippen LogP contribution in [0.2, 0.25) is 5.02 Å². The molecule has 1 amide bonds. The summed E-state index contributed by atoms with van der Waals surface area (Å²) < 4.78 is 113. The molecule has 14 nitrogen and oxygen atoms in total. The predicted molar refractivity (Wildman–Crippen MR) is 186 cm³/mol. The van der Waals surface area contributed by atoms with Crippen LogP contribution in [0.3, 0.4) is 0 Å². The topological polar surface area (TPSA) is 172 Å². The van der Waals surface area contributed by atoms with Crippen LogP contribution in [0.1, 0.15) is 34.3 Å². The Balaban J connectivity index is 0.000000210. The molecule has 290 valence electrons. The van der Waals surface area contributed by atoms with Gasteiger partial charge < -0.3 is 24.3 Å². The second-order valence-electron chi connectivity index (χ2n) is 11.9. The molecule has 0 atom stereocenters. The number of alkyl halides is 6. The number of benzene rings is 3. The molecule has 22 heteroatoms. The number of sulfonamides is 1. The number of fused-ring (bicyclic) bond motifs is 1. The fraction of sp³-hybridized carbons (Fsp3) is 0.312. The van der Waals surface area contributed by atoms with Crippen molar-refractivity contribution >= 4 is 61.7 Å². The molecule has 4 aromatic rings. The number of halogens is 7. The number of H-pyrrole nitrogens is 1. The number of carbonyl (C=O) groups excluding carboxylic acids is 2. The van der Waals surface area contributed by atoms with Crippen LogP contribution in [0.15, 0.2) is 58.1 Å². The average molecular weight is 807 g/mol. The number of nitrogens with one attached hydrogen (secondary N) is 3. The molecule has 0 aliphatic carbocycles. The van der Waals surface area contributed by atoms with Crippen molar-refractivity contribution in [1.29, 1.82) is 0 Å². The molecule has 2 saturated heterocycles. The summed E-state index contributed by atoms with van der Waals surface area (Å²) in [4.78, 5) is 55.3. The number of hydrogen-bond acceptors (Lipinski definition) is 10. The highest BCUT2D eigenvalue weighted by molar-refractivity contribution is 7.91. The molecule has 3 N–H and O–H groups in total. The van der Waals surface area contributed by atoms with Gasteiger partial charge in [0.25, 0.3) is 5.56 Å². The largest absolute Gasteiger partial charge is 0.465 e. The molecule has 3 aromatic carbocycles. The van der Waals surface area contributed by atoms with Gasteiger partial charge in [0.1, 0.15) is 5.75 Å². The van der Waals surface area contributed by atoms with Gasteiger partial charge in [0.15, 0.2) is 0 Å². The van der Waals surface area contributed by atoms with E-state index in [1.54, 1.807) is 4.83 Å². The number of aromatic amines is 1. The first kappa shape index (κ1) is 39.8. The Labute approximate surface area is 306 Å². The molecule has 0 unspecified atom stereocenters. The summed E-state index contributed by atoms with van der Waals surface area (Å²) >= 11 is 5.75. The molecule has 6 rings (SSSR count). The van der Waals surface area contributed by atoms with Gasteiger partial charge in [-0.15, -0.1) is 0 Å². The zero-order valence-corrected chi connectivity index (χ0v) is 29.6. The summed E-state index contributed by atoms with van der Waals surface area (Å²) in [7, 11) is -2.84. The van der Waals surface area contributed by atoms with Crippen LogP contribution >= 0.6 is 11.6 Å². The van der Waals surface area contributed by atoms with Crippen molar-refractivity contribution in [3.8, 4) is 5.75 Å². The highest BCUT2D eigenvalue weighted by Gasteiger charge is 2.39. The molecular formula is C32H29ClF6N6O8S. The normalized spacial score (nSPS) is 14.3. The van der Waals surface area contributed by atoms with Gasteiger partial charge in [-0.05, 0) is 61.4 Å². The summed E-state index contributed by atoms with van der Waals surface area (Å²) in [5, 5.41) is 2.38. The maximum atomic E-state index is 13.6. The van der Waals surface area contributed by atoms with Crippen LogP contribution in [0, 0.1) is 0 Å². The monoisotopic (exact) mass is 806 g/mol. The molecule has 2 aliphatic rings. The molecule has 54 heavy (non-hydrogen) atoms. The average Bonchev–Trinajstić information content (AvgIpc) is 3.01. The van der Waals surface area contributed by atoms with E-state index in [2.05, 4.69) is 15.0 Å². The zero-order chi connectivity index (χ0) is 39.7. The van der Waals surface area contributed by atoms with Crippen molar-refractivity contribution in [1.82, 2.24) is 9.66 Å². The highest BCUT2D eigenvalue weighted by atomic mass is 35.5. The Morgan fingerprint density at radius 1 is 0.852 bits per heavy atom. The van der Waals surface area contributed by atoms with E-state index < -0.39 is 56.8 Å². The molecule has 0 spiro atoms.